The summed E-state index contributed by atoms with van der Waals surface area (Å²) in [5, 5.41) is 0. The molecule has 2 heteroatoms. The first-order valence-electron chi connectivity index (χ1n) is 2.78. The fraction of sp³-hybridized carbons (Fsp3) is 0.833. The topological polar surface area (TPSA) is 17.1 Å². The van der Waals surface area contributed by atoms with E-state index in [0.717, 1.165) is 17.3 Å². The van der Waals surface area contributed by atoms with Crippen LogP contribution >= 0.6 is 22.6 Å². The van der Waals surface area contributed by atoms with Gasteiger partial charge in [0, 0.05) is 9.84 Å². The Balaban J connectivity index is 2.53. The van der Waals surface area contributed by atoms with Crippen molar-refractivity contribution >= 4 is 28.4 Å². The first kappa shape index (κ1) is 6.52. The van der Waals surface area contributed by atoms with Crippen molar-refractivity contribution < 1.29 is 4.79 Å². The van der Waals surface area contributed by atoms with Gasteiger partial charge in [0.1, 0.15) is 5.78 Å². The van der Waals surface area contributed by atoms with Crippen LogP contribution in [0.4, 0.5) is 0 Å². The lowest BCUT2D eigenvalue weighted by atomic mass is 10.1. The molecule has 0 aromatic rings. The molecule has 8 heavy (non-hydrogen) atoms. The molecule has 0 heterocycles. The van der Waals surface area contributed by atoms with E-state index >= 15 is 0 Å². The van der Waals surface area contributed by atoms with Crippen molar-refractivity contribution in [3.8, 4) is 0 Å². The van der Waals surface area contributed by atoms with Gasteiger partial charge in [-0.25, -0.2) is 0 Å². The van der Waals surface area contributed by atoms with E-state index in [4.69, 9.17) is 0 Å². The Morgan fingerprint density at radius 2 is 2.25 bits per heavy atom. The lowest BCUT2D eigenvalue weighted by molar-refractivity contribution is -0.121. The molecule has 0 bridgehead atoms. The smallest absolute Gasteiger partial charge is 0.136 e. The monoisotopic (exact) mass is 224 g/mol. The zero-order valence-corrected chi connectivity index (χ0v) is 7.07. The summed E-state index contributed by atoms with van der Waals surface area (Å²) in [6, 6.07) is 0. The minimum Gasteiger partial charge on any atom is -0.299 e. The van der Waals surface area contributed by atoms with Crippen LogP contribution in [-0.2, 0) is 4.79 Å². The second kappa shape index (κ2) is 1.97. The van der Waals surface area contributed by atoms with E-state index in [1.54, 1.807) is 6.92 Å². The molecule has 0 aliphatic heterocycles. The second-order valence-corrected chi connectivity index (χ2v) is 3.23. The van der Waals surface area contributed by atoms with Crippen LogP contribution < -0.4 is 0 Å². The molecule has 0 unspecified atom stereocenters. The van der Waals surface area contributed by atoms with Gasteiger partial charge >= 0.3 is 0 Å². The molecule has 0 aromatic heterocycles. The Morgan fingerprint density at radius 3 is 2.25 bits per heavy atom. The quantitative estimate of drug-likeness (QED) is 0.516. The van der Waals surface area contributed by atoms with Gasteiger partial charge in [-0.3, -0.25) is 4.79 Å². The molecule has 1 aliphatic carbocycles. The molecule has 0 N–H and O–H groups in total. The summed E-state index contributed by atoms with van der Waals surface area (Å²) in [7, 11) is 0. The van der Waals surface area contributed by atoms with E-state index in [0.29, 0.717) is 5.78 Å². The first-order valence-corrected chi connectivity index (χ1v) is 4.31. The fourth-order valence-corrected chi connectivity index (χ4v) is 2.03. The molecule has 1 fully saturated rings. The van der Waals surface area contributed by atoms with Gasteiger partial charge in [-0.2, -0.15) is 0 Å². The zero-order valence-electron chi connectivity index (χ0n) is 4.91. The third-order valence-corrected chi connectivity index (χ3v) is 3.32. The Labute approximate surface area is 63.0 Å². The molecule has 0 amide bonds. The highest BCUT2D eigenvalue weighted by Gasteiger charge is 2.45. The zero-order chi connectivity index (χ0) is 6.20. The van der Waals surface area contributed by atoms with Gasteiger partial charge in [0.2, 0.25) is 0 Å². The van der Waals surface area contributed by atoms with Gasteiger partial charge in [0.15, 0.2) is 0 Å². The third-order valence-electron chi connectivity index (χ3n) is 1.86. The third kappa shape index (κ3) is 0.900. The second-order valence-electron chi connectivity index (χ2n) is 2.47. The largest absolute Gasteiger partial charge is 0.299 e. The van der Waals surface area contributed by atoms with Gasteiger partial charge in [0.25, 0.3) is 0 Å². The molecule has 0 atom stereocenters. The van der Waals surface area contributed by atoms with E-state index in [1.807, 2.05) is 0 Å². The Bertz CT molecular complexity index is 116. The minimum atomic E-state index is 0.139. The molecule has 0 saturated heterocycles. The van der Waals surface area contributed by atoms with E-state index in [1.165, 1.54) is 0 Å². The fourth-order valence-electron chi connectivity index (χ4n) is 0.731. The summed E-state index contributed by atoms with van der Waals surface area (Å²) in [6.07, 6.45) is 2.26. The summed E-state index contributed by atoms with van der Waals surface area (Å²) in [4.78, 5) is 10.8. The molecular formula is C6H9IO. The lowest BCUT2D eigenvalue weighted by Crippen LogP contribution is -2.12. The normalized spacial score (nSPS) is 22.8. The van der Waals surface area contributed by atoms with Crippen LogP contribution in [-0.4, -0.2) is 10.2 Å². The Kier molecular flexibility index (Phi) is 1.61. The SMILES string of the molecule is CC(=O)C1(CI)CC1. The summed E-state index contributed by atoms with van der Waals surface area (Å²) >= 11 is 2.29. The predicted molar refractivity (Wildman–Crippen MR) is 41.2 cm³/mol. The molecular weight excluding hydrogens is 215 g/mol. The first-order chi connectivity index (χ1) is 3.71. The number of Topliss-reactive ketones (excluding diaryl/α,β-unsaturated/α-hetero) is 1. The molecule has 1 nitrogen and oxygen atoms in total. The maximum atomic E-state index is 10.8. The molecule has 0 aromatic carbocycles. The van der Waals surface area contributed by atoms with Crippen LogP contribution in [0.3, 0.4) is 0 Å². The van der Waals surface area contributed by atoms with Crippen molar-refractivity contribution in [2.75, 3.05) is 4.43 Å². The van der Waals surface area contributed by atoms with Crippen LogP contribution in [0.5, 0.6) is 0 Å². The molecule has 1 aliphatic rings. The number of carbonyl (C=O) groups is 1. The summed E-state index contributed by atoms with van der Waals surface area (Å²) < 4.78 is 1.01. The van der Waals surface area contributed by atoms with Crippen LogP contribution in [0.2, 0.25) is 0 Å². The standard InChI is InChI=1S/C6H9IO/c1-5(8)6(4-7)2-3-6/h2-4H2,1H3. The van der Waals surface area contributed by atoms with E-state index in [2.05, 4.69) is 22.6 Å². The Hall–Kier alpha value is 0.400. The predicted octanol–water partition coefficient (Wildman–Crippen LogP) is 1.79. The van der Waals surface area contributed by atoms with Crippen LogP contribution in [0.1, 0.15) is 19.8 Å². The highest BCUT2D eigenvalue weighted by atomic mass is 127. The maximum absolute atomic E-state index is 10.8. The molecule has 46 valence electrons. The Morgan fingerprint density at radius 1 is 1.75 bits per heavy atom. The highest BCUT2D eigenvalue weighted by Crippen LogP contribution is 2.47. The number of ketones is 1. The van der Waals surface area contributed by atoms with Crippen molar-refractivity contribution in [3.05, 3.63) is 0 Å². The number of hydrogen-bond acceptors (Lipinski definition) is 1. The number of rotatable bonds is 2. The van der Waals surface area contributed by atoms with Gasteiger partial charge in [-0.05, 0) is 19.8 Å². The van der Waals surface area contributed by atoms with Crippen molar-refractivity contribution in [2.45, 2.75) is 19.8 Å². The number of halogens is 1. The van der Waals surface area contributed by atoms with Crippen LogP contribution in [0, 0.1) is 5.41 Å². The summed E-state index contributed by atoms with van der Waals surface area (Å²) in [5.41, 5.74) is 0.139. The molecule has 0 radical (unpaired) electrons. The molecule has 1 rings (SSSR count). The van der Waals surface area contributed by atoms with Crippen LogP contribution in [0.15, 0.2) is 0 Å². The number of hydrogen-bond donors (Lipinski definition) is 0. The van der Waals surface area contributed by atoms with Gasteiger partial charge in [-0.15, -0.1) is 0 Å². The van der Waals surface area contributed by atoms with Crippen molar-refractivity contribution in [3.63, 3.8) is 0 Å². The van der Waals surface area contributed by atoms with Gasteiger partial charge in [-0.1, -0.05) is 22.6 Å². The number of alkyl halides is 1. The van der Waals surface area contributed by atoms with Gasteiger partial charge in [0.05, 0.1) is 0 Å². The van der Waals surface area contributed by atoms with E-state index in [-0.39, 0.29) is 5.41 Å². The number of carbonyl (C=O) groups excluding carboxylic acids is 1. The van der Waals surface area contributed by atoms with E-state index in [9.17, 15) is 4.79 Å². The molecule has 1 saturated carbocycles. The van der Waals surface area contributed by atoms with E-state index < -0.39 is 0 Å². The summed E-state index contributed by atoms with van der Waals surface area (Å²) in [6.45, 7) is 1.70. The minimum absolute atomic E-state index is 0.139. The van der Waals surface area contributed by atoms with Gasteiger partial charge < -0.3 is 0 Å². The van der Waals surface area contributed by atoms with Crippen LogP contribution in [0.25, 0.3) is 0 Å². The average Bonchev–Trinajstić information content (AvgIpc) is 2.44. The van der Waals surface area contributed by atoms with Crippen molar-refractivity contribution in [1.29, 1.82) is 0 Å². The average molecular weight is 224 g/mol. The van der Waals surface area contributed by atoms with Crippen molar-refractivity contribution in [1.82, 2.24) is 0 Å². The maximum Gasteiger partial charge on any atom is 0.136 e. The lowest BCUT2D eigenvalue weighted by Gasteiger charge is -2.02. The molecule has 0 spiro atoms. The summed E-state index contributed by atoms with van der Waals surface area (Å²) in [5.74, 6) is 0.381. The van der Waals surface area contributed by atoms with Crippen molar-refractivity contribution in [2.24, 2.45) is 5.41 Å². The highest BCUT2D eigenvalue weighted by molar-refractivity contribution is 14.1.